The zero-order valence-electron chi connectivity index (χ0n) is 6.21. The number of hydrogen-bond donors (Lipinski definition) is 2. The van der Waals surface area contributed by atoms with Crippen molar-refractivity contribution in [3.8, 4) is 0 Å². The van der Waals surface area contributed by atoms with Crippen molar-refractivity contribution in [1.82, 2.24) is 0 Å². The summed E-state index contributed by atoms with van der Waals surface area (Å²) in [6.45, 7) is 0.579. The first-order chi connectivity index (χ1) is 4.70. The van der Waals surface area contributed by atoms with Crippen molar-refractivity contribution >= 4 is 0 Å². The molecule has 3 nitrogen and oxygen atoms in total. The van der Waals surface area contributed by atoms with Gasteiger partial charge in [0.15, 0.2) is 0 Å². The van der Waals surface area contributed by atoms with Gasteiger partial charge in [0.2, 0.25) is 0 Å². The van der Waals surface area contributed by atoms with Gasteiger partial charge in [0.1, 0.15) is 0 Å². The van der Waals surface area contributed by atoms with E-state index in [1.807, 2.05) is 0 Å². The van der Waals surface area contributed by atoms with E-state index in [-0.39, 0.29) is 6.61 Å². The lowest BCUT2D eigenvalue weighted by Crippen LogP contribution is -2.48. The number of methoxy groups -OCH3 is 1. The number of aliphatic hydroxyl groups excluding tert-OH is 1. The maximum absolute atomic E-state index is 9.48. The van der Waals surface area contributed by atoms with Crippen LogP contribution in [0.4, 0.5) is 0 Å². The summed E-state index contributed by atoms with van der Waals surface area (Å²) in [5.74, 6) is 0.292. The van der Waals surface area contributed by atoms with Gasteiger partial charge in [-0.3, -0.25) is 0 Å². The number of rotatable bonds is 3. The largest absolute Gasteiger partial charge is 0.396 e. The molecule has 0 amide bonds. The average molecular weight is 146 g/mol. The van der Waals surface area contributed by atoms with E-state index in [4.69, 9.17) is 9.84 Å². The van der Waals surface area contributed by atoms with Crippen molar-refractivity contribution in [3.63, 3.8) is 0 Å². The zero-order chi connectivity index (χ0) is 7.61. The molecule has 1 fully saturated rings. The van der Waals surface area contributed by atoms with Gasteiger partial charge in [0, 0.05) is 13.7 Å². The Labute approximate surface area is 60.6 Å². The molecule has 0 heterocycles. The molecule has 0 atom stereocenters. The zero-order valence-corrected chi connectivity index (χ0v) is 6.21. The molecular weight excluding hydrogens is 132 g/mol. The van der Waals surface area contributed by atoms with E-state index < -0.39 is 5.60 Å². The molecule has 0 bridgehead atoms. The number of hydrogen-bond acceptors (Lipinski definition) is 3. The fourth-order valence-corrected chi connectivity index (χ4v) is 1.53. The van der Waals surface area contributed by atoms with Gasteiger partial charge in [-0.15, -0.1) is 0 Å². The second-order valence-corrected chi connectivity index (χ2v) is 3.11. The van der Waals surface area contributed by atoms with Crippen LogP contribution in [-0.2, 0) is 4.74 Å². The Morgan fingerprint density at radius 3 is 2.60 bits per heavy atom. The van der Waals surface area contributed by atoms with Crippen LogP contribution in [0.3, 0.4) is 0 Å². The van der Waals surface area contributed by atoms with E-state index in [1.54, 1.807) is 7.11 Å². The van der Waals surface area contributed by atoms with Crippen LogP contribution in [0.25, 0.3) is 0 Å². The van der Waals surface area contributed by atoms with Gasteiger partial charge in [-0.1, -0.05) is 0 Å². The van der Waals surface area contributed by atoms with Crippen LogP contribution in [0.5, 0.6) is 0 Å². The fourth-order valence-electron chi connectivity index (χ4n) is 1.53. The van der Waals surface area contributed by atoms with Gasteiger partial charge in [-0.25, -0.2) is 0 Å². The van der Waals surface area contributed by atoms with Gasteiger partial charge in [-0.05, 0) is 18.8 Å². The predicted octanol–water partition coefficient (Wildman–Crippen LogP) is -0.234. The summed E-state index contributed by atoms with van der Waals surface area (Å²) >= 11 is 0. The topological polar surface area (TPSA) is 49.7 Å². The summed E-state index contributed by atoms with van der Waals surface area (Å²) in [4.78, 5) is 0. The highest BCUT2D eigenvalue weighted by molar-refractivity contribution is 4.93. The summed E-state index contributed by atoms with van der Waals surface area (Å²) in [6.07, 6.45) is 1.36. The summed E-state index contributed by atoms with van der Waals surface area (Å²) in [5, 5.41) is 18.1. The monoisotopic (exact) mass is 146 g/mol. The predicted molar refractivity (Wildman–Crippen MR) is 36.6 cm³/mol. The van der Waals surface area contributed by atoms with Crippen molar-refractivity contribution in [1.29, 1.82) is 0 Å². The van der Waals surface area contributed by atoms with E-state index in [9.17, 15) is 5.11 Å². The van der Waals surface area contributed by atoms with Crippen LogP contribution in [-0.4, -0.2) is 36.1 Å². The van der Waals surface area contributed by atoms with Crippen molar-refractivity contribution in [2.45, 2.75) is 18.4 Å². The molecule has 0 aromatic carbocycles. The van der Waals surface area contributed by atoms with E-state index in [1.165, 1.54) is 0 Å². The second kappa shape index (κ2) is 2.86. The van der Waals surface area contributed by atoms with Crippen LogP contribution in [0.1, 0.15) is 12.8 Å². The minimum Gasteiger partial charge on any atom is -0.396 e. The molecule has 10 heavy (non-hydrogen) atoms. The second-order valence-electron chi connectivity index (χ2n) is 3.11. The lowest BCUT2D eigenvalue weighted by molar-refractivity contribution is -0.125. The van der Waals surface area contributed by atoms with Gasteiger partial charge in [0.05, 0.1) is 12.2 Å². The molecule has 3 heteroatoms. The quantitative estimate of drug-likeness (QED) is 0.578. The standard InChI is InChI=1S/C7H14O3/c1-10-5-7(9)2-6(3-7)4-8/h6,8-9H,2-5H2,1H3. The molecule has 0 radical (unpaired) electrons. The summed E-state index contributed by atoms with van der Waals surface area (Å²) in [6, 6.07) is 0. The first kappa shape index (κ1) is 7.98. The molecule has 60 valence electrons. The Balaban J connectivity index is 2.20. The molecule has 0 aromatic rings. The minimum absolute atomic E-state index is 0.187. The third kappa shape index (κ3) is 1.48. The molecule has 0 saturated heterocycles. The van der Waals surface area contributed by atoms with Gasteiger partial charge in [0.25, 0.3) is 0 Å². The van der Waals surface area contributed by atoms with E-state index in [0.29, 0.717) is 25.4 Å². The third-order valence-electron chi connectivity index (χ3n) is 2.01. The van der Waals surface area contributed by atoms with Crippen molar-refractivity contribution in [3.05, 3.63) is 0 Å². The molecule has 0 aliphatic heterocycles. The number of aliphatic hydroxyl groups is 2. The highest BCUT2D eigenvalue weighted by Gasteiger charge is 2.41. The molecule has 1 rings (SSSR count). The normalized spacial score (nSPS) is 39.3. The van der Waals surface area contributed by atoms with Gasteiger partial charge >= 0.3 is 0 Å². The third-order valence-corrected chi connectivity index (χ3v) is 2.01. The van der Waals surface area contributed by atoms with Crippen LogP contribution in [0, 0.1) is 5.92 Å². The Kier molecular flexibility index (Phi) is 2.28. The Morgan fingerprint density at radius 1 is 1.60 bits per heavy atom. The summed E-state index contributed by atoms with van der Waals surface area (Å²) in [7, 11) is 1.57. The molecular formula is C7H14O3. The van der Waals surface area contributed by atoms with Crippen molar-refractivity contribution < 1.29 is 14.9 Å². The van der Waals surface area contributed by atoms with Gasteiger partial charge in [-0.2, -0.15) is 0 Å². The smallest absolute Gasteiger partial charge is 0.0887 e. The Hall–Kier alpha value is -0.120. The molecule has 1 aliphatic rings. The lowest BCUT2D eigenvalue weighted by Gasteiger charge is -2.42. The van der Waals surface area contributed by atoms with E-state index in [2.05, 4.69) is 0 Å². The fraction of sp³-hybridized carbons (Fsp3) is 1.00. The Morgan fingerprint density at radius 2 is 2.20 bits per heavy atom. The first-order valence-electron chi connectivity index (χ1n) is 3.52. The minimum atomic E-state index is -0.637. The van der Waals surface area contributed by atoms with Gasteiger partial charge < -0.3 is 14.9 Å². The maximum atomic E-state index is 9.48. The highest BCUT2D eigenvalue weighted by Crippen LogP contribution is 2.37. The van der Waals surface area contributed by atoms with Crippen LogP contribution >= 0.6 is 0 Å². The summed E-state index contributed by atoms with van der Waals surface area (Å²) < 4.78 is 4.81. The van der Waals surface area contributed by atoms with E-state index in [0.717, 1.165) is 0 Å². The SMILES string of the molecule is COCC1(O)CC(CO)C1. The molecule has 1 aliphatic carbocycles. The first-order valence-corrected chi connectivity index (χ1v) is 3.52. The van der Waals surface area contributed by atoms with Crippen LogP contribution in [0.15, 0.2) is 0 Å². The van der Waals surface area contributed by atoms with Crippen LogP contribution in [0.2, 0.25) is 0 Å². The van der Waals surface area contributed by atoms with E-state index >= 15 is 0 Å². The van der Waals surface area contributed by atoms with Crippen molar-refractivity contribution in [2.75, 3.05) is 20.3 Å². The molecule has 0 aromatic heterocycles. The maximum Gasteiger partial charge on any atom is 0.0887 e. The molecule has 1 saturated carbocycles. The highest BCUT2D eigenvalue weighted by atomic mass is 16.5. The lowest BCUT2D eigenvalue weighted by atomic mass is 9.72. The molecule has 0 unspecified atom stereocenters. The van der Waals surface area contributed by atoms with Crippen molar-refractivity contribution in [2.24, 2.45) is 5.92 Å². The number of ether oxygens (including phenoxy) is 1. The molecule has 2 N–H and O–H groups in total. The van der Waals surface area contributed by atoms with Crippen LogP contribution < -0.4 is 0 Å². The molecule has 0 spiro atoms. The Bertz CT molecular complexity index is 107. The average Bonchev–Trinajstić information content (AvgIpc) is 1.83. The summed E-state index contributed by atoms with van der Waals surface area (Å²) in [5.41, 5.74) is -0.637.